The molecule has 1 saturated carbocycles. The van der Waals surface area contributed by atoms with E-state index >= 15 is 0 Å². The van der Waals surface area contributed by atoms with Crippen molar-refractivity contribution in [1.29, 1.82) is 0 Å². The van der Waals surface area contributed by atoms with Gasteiger partial charge >= 0.3 is 12.0 Å². The number of imidazole rings is 1. The van der Waals surface area contributed by atoms with Crippen LogP contribution in [0.5, 0.6) is 0 Å². The Morgan fingerprint density at radius 2 is 2.19 bits per heavy atom. The van der Waals surface area contributed by atoms with Crippen molar-refractivity contribution in [3.8, 4) is 0 Å². The summed E-state index contributed by atoms with van der Waals surface area (Å²) in [4.78, 5) is 28.0. The predicted molar refractivity (Wildman–Crippen MR) is 111 cm³/mol. The zero-order chi connectivity index (χ0) is 21.4. The van der Waals surface area contributed by atoms with Crippen LogP contribution in [0.1, 0.15) is 45.4 Å². The highest BCUT2D eigenvalue weighted by Gasteiger charge is 2.41. The van der Waals surface area contributed by atoms with E-state index in [0.29, 0.717) is 12.2 Å². The van der Waals surface area contributed by atoms with Crippen LogP contribution in [0.25, 0.3) is 11.2 Å². The molecule has 0 bridgehead atoms. The van der Waals surface area contributed by atoms with Crippen LogP contribution in [0.4, 0.5) is 4.79 Å². The molecule has 1 aliphatic carbocycles. The van der Waals surface area contributed by atoms with Gasteiger partial charge in [0.1, 0.15) is 6.73 Å². The Morgan fingerprint density at radius 1 is 1.29 bits per heavy atom. The van der Waals surface area contributed by atoms with E-state index in [2.05, 4.69) is 20.7 Å². The molecular weight excluding hydrogens is 398 g/mol. The standard InChI is InChI=1S/C22H21N5O4/c1-30-21(28)14-4-2-3-13(7-14)16-8-17(16)18-9-19(26-27-6-5-23-20(18)27)15-10-24-22(29)25-12-31-11-15/h2-7,9-10,16-17H,8,11-12H2,1H3,(H2,24,25,29)/b15-10+/t16-,17+/m1/s1. The summed E-state index contributed by atoms with van der Waals surface area (Å²) in [7, 11) is 1.38. The van der Waals surface area contributed by atoms with E-state index in [0.717, 1.165) is 34.5 Å². The normalized spacial score (nSPS) is 22.5. The van der Waals surface area contributed by atoms with E-state index in [4.69, 9.17) is 9.47 Å². The van der Waals surface area contributed by atoms with Crippen molar-refractivity contribution < 1.29 is 19.1 Å². The average Bonchev–Trinajstić information content (AvgIpc) is 3.44. The number of ether oxygens (including phenoxy) is 2. The van der Waals surface area contributed by atoms with Gasteiger partial charge < -0.3 is 20.1 Å². The van der Waals surface area contributed by atoms with Gasteiger partial charge in [0.05, 0.1) is 25.0 Å². The number of aromatic nitrogens is 3. The molecule has 0 spiro atoms. The average molecular weight is 419 g/mol. The fraction of sp³-hybridized carbons (Fsp3) is 0.273. The minimum absolute atomic E-state index is 0.130. The summed E-state index contributed by atoms with van der Waals surface area (Å²) >= 11 is 0. The summed E-state index contributed by atoms with van der Waals surface area (Å²) in [5, 5.41) is 9.92. The van der Waals surface area contributed by atoms with Crippen LogP contribution in [0.3, 0.4) is 0 Å². The smallest absolute Gasteiger partial charge is 0.337 e. The number of nitrogens with one attached hydrogen (secondary N) is 2. The third kappa shape index (κ3) is 3.75. The largest absolute Gasteiger partial charge is 0.465 e. The number of hydrogen-bond acceptors (Lipinski definition) is 6. The first-order valence-corrected chi connectivity index (χ1v) is 9.98. The van der Waals surface area contributed by atoms with Crippen molar-refractivity contribution in [3.05, 3.63) is 71.3 Å². The molecule has 3 aromatic rings. The van der Waals surface area contributed by atoms with Gasteiger partial charge in [-0.25, -0.2) is 19.1 Å². The number of carbonyl (C=O) groups excluding carboxylic acids is 2. The molecule has 0 radical (unpaired) electrons. The topological polar surface area (TPSA) is 107 Å². The Labute approximate surface area is 178 Å². The molecule has 9 nitrogen and oxygen atoms in total. The number of nitrogens with zero attached hydrogens (tertiary/aromatic N) is 3. The van der Waals surface area contributed by atoms with Crippen molar-refractivity contribution >= 4 is 23.2 Å². The molecule has 3 heterocycles. The van der Waals surface area contributed by atoms with E-state index in [-0.39, 0.29) is 30.6 Å². The highest BCUT2D eigenvalue weighted by Crippen LogP contribution is 2.55. The fourth-order valence-electron chi connectivity index (χ4n) is 3.96. The summed E-state index contributed by atoms with van der Waals surface area (Å²) in [5.74, 6) is 0.200. The maximum absolute atomic E-state index is 11.9. The van der Waals surface area contributed by atoms with Gasteiger partial charge in [0, 0.05) is 29.7 Å². The predicted octanol–water partition coefficient (Wildman–Crippen LogP) is 2.41. The number of hydrogen-bond donors (Lipinski definition) is 2. The SMILES string of the molecule is COC(=O)c1cccc([C@H]2C[C@@H]2c2cc(/C3=C/NC(=O)NCOC3)nn3ccnc23)c1. The zero-order valence-corrected chi connectivity index (χ0v) is 16.9. The summed E-state index contributed by atoms with van der Waals surface area (Å²) in [6.07, 6.45) is 6.10. The molecule has 0 saturated heterocycles. The maximum Gasteiger partial charge on any atom is 0.337 e. The minimum Gasteiger partial charge on any atom is -0.465 e. The third-order valence-corrected chi connectivity index (χ3v) is 5.61. The molecule has 2 aromatic heterocycles. The highest BCUT2D eigenvalue weighted by molar-refractivity contribution is 5.89. The second-order valence-electron chi connectivity index (χ2n) is 7.56. The molecule has 1 aliphatic heterocycles. The first-order chi connectivity index (χ1) is 15.1. The summed E-state index contributed by atoms with van der Waals surface area (Å²) in [6.45, 7) is 0.444. The number of rotatable bonds is 4. The molecule has 0 unspecified atom stereocenters. The van der Waals surface area contributed by atoms with Crippen molar-refractivity contribution in [2.45, 2.75) is 18.3 Å². The molecule has 2 amide bonds. The lowest BCUT2D eigenvalue weighted by Gasteiger charge is -2.15. The van der Waals surface area contributed by atoms with Crippen LogP contribution >= 0.6 is 0 Å². The summed E-state index contributed by atoms with van der Waals surface area (Å²) in [6, 6.07) is 9.27. The number of methoxy groups -OCH3 is 1. The van der Waals surface area contributed by atoms with E-state index < -0.39 is 0 Å². The summed E-state index contributed by atoms with van der Waals surface area (Å²) < 4.78 is 12.1. The Balaban J connectivity index is 1.48. The van der Waals surface area contributed by atoms with Crippen LogP contribution in [0, 0.1) is 0 Å². The van der Waals surface area contributed by atoms with Crippen molar-refractivity contribution in [2.24, 2.45) is 0 Å². The molecule has 2 aliphatic rings. The second kappa shape index (κ2) is 7.84. The van der Waals surface area contributed by atoms with Gasteiger partial charge in [-0.2, -0.15) is 5.10 Å². The zero-order valence-electron chi connectivity index (χ0n) is 16.9. The minimum atomic E-state index is -0.339. The van der Waals surface area contributed by atoms with Gasteiger partial charge in [0.2, 0.25) is 0 Å². The number of urea groups is 1. The lowest BCUT2D eigenvalue weighted by Crippen LogP contribution is -2.36. The van der Waals surface area contributed by atoms with Crippen LogP contribution in [0.2, 0.25) is 0 Å². The molecule has 9 heteroatoms. The highest BCUT2D eigenvalue weighted by atomic mass is 16.5. The van der Waals surface area contributed by atoms with Gasteiger partial charge in [0.25, 0.3) is 0 Å². The van der Waals surface area contributed by atoms with E-state index in [1.807, 2.05) is 30.5 Å². The number of benzene rings is 1. The monoisotopic (exact) mass is 419 g/mol. The van der Waals surface area contributed by atoms with Gasteiger partial charge in [0.15, 0.2) is 5.65 Å². The lowest BCUT2D eigenvalue weighted by atomic mass is 10.0. The maximum atomic E-state index is 11.9. The fourth-order valence-corrected chi connectivity index (χ4v) is 3.96. The number of carbonyl (C=O) groups is 2. The molecule has 158 valence electrons. The molecule has 1 aromatic carbocycles. The Kier molecular flexibility index (Phi) is 4.87. The molecular formula is C22H21N5O4. The third-order valence-electron chi connectivity index (χ3n) is 5.61. The van der Waals surface area contributed by atoms with Crippen LogP contribution in [-0.4, -0.2) is 47.0 Å². The lowest BCUT2D eigenvalue weighted by molar-refractivity contribution is 0.0600. The van der Waals surface area contributed by atoms with E-state index in [1.54, 1.807) is 23.0 Å². The number of fused-ring (bicyclic) bond motifs is 1. The second-order valence-corrected chi connectivity index (χ2v) is 7.56. The van der Waals surface area contributed by atoms with E-state index in [9.17, 15) is 9.59 Å². The van der Waals surface area contributed by atoms with Crippen LogP contribution in [0.15, 0.2) is 48.9 Å². The van der Waals surface area contributed by atoms with Gasteiger partial charge in [-0.1, -0.05) is 12.1 Å². The first-order valence-electron chi connectivity index (χ1n) is 9.98. The van der Waals surface area contributed by atoms with Crippen molar-refractivity contribution in [2.75, 3.05) is 20.4 Å². The van der Waals surface area contributed by atoms with Gasteiger partial charge in [-0.15, -0.1) is 0 Å². The van der Waals surface area contributed by atoms with Gasteiger partial charge in [-0.3, -0.25) is 0 Å². The molecule has 5 rings (SSSR count). The quantitative estimate of drug-likeness (QED) is 0.629. The van der Waals surface area contributed by atoms with Crippen molar-refractivity contribution in [1.82, 2.24) is 25.2 Å². The molecule has 2 N–H and O–H groups in total. The Morgan fingerprint density at radius 3 is 3.06 bits per heavy atom. The van der Waals surface area contributed by atoms with E-state index in [1.165, 1.54) is 7.11 Å². The first kappa shape index (κ1) is 19.3. The van der Waals surface area contributed by atoms with Crippen LogP contribution in [-0.2, 0) is 9.47 Å². The number of amides is 2. The van der Waals surface area contributed by atoms with Gasteiger partial charge in [-0.05, 0) is 42.0 Å². The Bertz CT molecular complexity index is 1200. The van der Waals surface area contributed by atoms with Crippen LogP contribution < -0.4 is 10.6 Å². The Hall–Kier alpha value is -3.72. The molecule has 2 atom stereocenters. The van der Waals surface area contributed by atoms with Crippen molar-refractivity contribution in [3.63, 3.8) is 0 Å². The number of esters is 1. The molecule has 31 heavy (non-hydrogen) atoms. The molecule has 1 fully saturated rings. The summed E-state index contributed by atoms with van der Waals surface area (Å²) in [5.41, 5.74) is 5.03.